The number of nitrogens with one attached hydrogen (secondary N) is 1. The first-order valence-corrected chi connectivity index (χ1v) is 7.65. The van der Waals surface area contributed by atoms with E-state index < -0.39 is 11.7 Å². The van der Waals surface area contributed by atoms with E-state index in [0.29, 0.717) is 28.5 Å². The lowest BCUT2D eigenvalue weighted by molar-refractivity contribution is 0.0636. The van der Waals surface area contributed by atoms with Crippen LogP contribution in [0.4, 0.5) is 10.5 Å². The van der Waals surface area contributed by atoms with Crippen LogP contribution in [0.2, 0.25) is 0 Å². The molecule has 1 N–H and O–H groups in total. The Morgan fingerprint density at radius 2 is 1.67 bits per heavy atom. The quantitative estimate of drug-likeness (QED) is 0.861. The normalized spacial score (nSPS) is 13.0. The number of fused-ring (bicyclic) bond motifs is 1. The van der Waals surface area contributed by atoms with E-state index in [1.54, 1.807) is 6.07 Å². The number of amides is 1. The summed E-state index contributed by atoms with van der Waals surface area (Å²) in [6.07, 6.45) is 1.01. The van der Waals surface area contributed by atoms with Gasteiger partial charge in [0.15, 0.2) is 17.3 Å². The van der Waals surface area contributed by atoms with Crippen molar-refractivity contribution in [3.8, 4) is 11.5 Å². The minimum absolute atomic E-state index is 0.514. The minimum Gasteiger partial charge on any atom is -0.457 e. The molecule has 0 fully saturated rings. The van der Waals surface area contributed by atoms with Gasteiger partial charge in [0.1, 0.15) is 11.9 Å². The fourth-order valence-corrected chi connectivity index (χ4v) is 2.23. The van der Waals surface area contributed by atoms with Crippen molar-refractivity contribution in [1.29, 1.82) is 0 Å². The average Bonchev–Trinajstić information content (AvgIpc) is 2.53. The first kappa shape index (κ1) is 15.9. The van der Waals surface area contributed by atoms with Crippen molar-refractivity contribution in [2.75, 3.05) is 5.32 Å². The first-order valence-electron chi connectivity index (χ1n) is 7.65. The number of carbonyl (C=O) groups excluding carboxylic acids is 1. The van der Waals surface area contributed by atoms with Crippen molar-refractivity contribution in [3.05, 3.63) is 60.4 Å². The molecule has 2 aromatic rings. The van der Waals surface area contributed by atoms with Gasteiger partial charge in [-0.2, -0.15) is 0 Å². The van der Waals surface area contributed by atoms with Crippen molar-refractivity contribution in [3.63, 3.8) is 0 Å². The van der Waals surface area contributed by atoms with Gasteiger partial charge in [0.25, 0.3) is 0 Å². The number of benzene rings is 2. The number of hydrogen-bond donors (Lipinski definition) is 1. The van der Waals surface area contributed by atoms with Gasteiger partial charge in [0.05, 0.1) is 5.69 Å². The molecule has 5 nitrogen and oxygen atoms in total. The van der Waals surface area contributed by atoms with Gasteiger partial charge in [-0.3, -0.25) is 5.32 Å². The third-order valence-electron chi connectivity index (χ3n) is 3.19. The summed E-state index contributed by atoms with van der Waals surface area (Å²) >= 11 is 0. The van der Waals surface area contributed by atoms with E-state index in [1.165, 1.54) is 6.26 Å². The zero-order valence-corrected chi connectivity index (χ0v) is 13.8. The largest absolute Gasteiger partial charge is 0.457 e. The third kappa shape index (κ3) is 3.68. The predicted molar refractivity (Wildman–Crippen MR) is 92.0 cm³/mol. The van der Waals surface area contributed by atoms with Gasteiger partial charge in [0, 0.05) is 5.56 Å². The molecule has 2 aromatic carbocycles. The Bertz CT molecular complexity index is 790. The Labute approximate surface area is 140 Å². The summed E-state index contributed by atoms with van der Waals surface area (Å²) in [6.45, 7) is 5.45. The van der Waals surface area contributed by atoms with Gasteiger partial charge in [-0.1, -0.05) is 24.3 Å². The molecule has 1 heterocycles. The smallest absolute Gasteiger partial charge is 0.412 e. The molecular formula is C19H19NO4. The van der Waals surface area contributed by atoms with E-state index in [1.807, 2.05) is 63.2 Å². The zero-order valence-electron chi connectivity index (χ0n) is 13.8. The van der Waals surface area contributed by atoms with Gasteiger partial charge >= 0.3 is 6.09 Å². The molecule has 3 rings (SSSR count). The van der Waals surface area contributed by atoms with Gasteiger partial charge in [0.2, 0.25) is 0 Å². The van der Waals surface area contributed by atoms with Gasteiger partial charge < -0.3 is 14.2 Å². The van der Waals surface area contributed by atoms with Crippen molar-refractivity contribution in [2.45, 2.75) is 26.4 Å². The molecule has 0 saturated carbocycles. The van der Waals surface area contributed by atoms with Crippen LogP contribution >= 0.6 is 0 Å². The lowest BCUT2D eigenvalue weighted by atomic mass is 10.1. The third-order valence-corrected chi connectivity index (χ3v) is 3.19. The Balaban J connectivity index is 1.83. The van der Waals surface area contributed by atoms with Crippen LogP contribution in [-0.4, -0.2) is 11.7 Å². The first-order chi connectivity index (χ1) is 11.4. The molecule has 0 aromatic heterocycles. The second-order valence-electron chi connectivity index (χ2n) is 6.32. The van der Waals surface area contributed by atoms with Crippen LogP contribution in [0.15, 0.2) is 54.8 Å². The van der Waals surface area contributed by atoms with Crippen molar-refractivity contribution in [1.82, 2.24) is 0 Å². The molecule has 0 saturated heterocycles. The lowest BCUT2D eigenvalue weighted by Crippen LogP contribution is -2.27. The fourth-order valence-electron chi connectivity index (χ4n) is 2.23. The Morgan fingerprint density at radius 1 is 1.00 bits per heavy atom. The Kier molecular flexibility index (Phi) is 4.16. The summed E-state index contributed by atoms with van der Waals surface area (Å²) in [5.74, 6) is 1.79. The number of ether oxygens (including phenoxy) is 3. The van der Waals surface area contributed by atoms with E-state index in [2.05, 4.69) is 5.32 Å². The number of hydrogen-bond acceptors (Lipinski definition) is 4. The van der Waals surface area contributed by atoms with E-state index in [4.69, 9.17) is 14.2 Å². The molecular weight excluding hydrogens is 306 g/mol. The highest BCUT2D eigenvalue weighted by Crippen LogP contribution is 2.36. The van der Waals surface area contributed by atoms with Crippen LogP contribution in [0.5, 0.6) is 11.5 Å². The summed E-state index contributed by atoms with van der Waals surface area (Å²) in [5, 5.41) is 2.75. The fraction of sp³-hybridized carbons (Fsp3) is 0.211. The highest BCUT2D eigenvalue weighted by atomic mass is 16.6. The summed E-state index contributed by atoms with van der Waals surface area (Å²) in [6, 6.07) is 14.7. The molecule has 24 heavy (non-hydrogen) atoms. The maximum absolute atomic E-state index is 12.0. The second kappa shape index (κ2) is 6.28. The van der Waals surface area contributed by atoms with Crippen molar-refractivity contribution >= 4 is 17.5 Å². The standard InChI is InChI=1S/C19H19NO4/c1-19(2,3)24-18(21)20-14-9-5-4-8-13(14)17-12-22-15-10-6-7-11-16(15)23-17/h4-12H,1-3H3,(H,20,21). The van der Waals surface area contributed by atoms with Crippen LogP contribution in [0.3, 0.4) is 0 Å². The second-order valence-corrected chi connectivity index (χ2v) is 6.32. The molecule has 1 aliphatic rings. The van der Waals surface area contributed by atoms with E-state index in [0.717, 1.165) is 0 Å². The SMILES string of the molecule is CC(C)(C)OC(=O)Nc1ccccc1C1=COc2ccccc2O1. The molecule has 5 heteroatoms. The molecule has 0 aliphatic carbocycles. The maximum Gasteiger partial charge on any atom is 0.412 e. The zero-order chi connectivity index (χ0) is 17.2. The number of rotatable bonds is 2. The summed E-state index contributed by atoms with van der Waals surface area (Å²) in [5.41, 5.74) is 0.723. The molecule has 0 spiro atoms. The van der Waals surface area contributed by atoms with E-state index in [-0.39, 0.29) is 0 Å². The number of carbonyl (C=O) groups is 1. The van der Waals surface area contributed by atoms with Crippen LogP contribution in [0.1, 0.15) is 26.3 Å². The molecule has 0 atom stereocenters. The van der Waals surface area contributed by atoms with Crippen LogP contribution in [0.25, 0.3) is 5.76 Å². The highest BCUT2D eigenvalue weighted by molar-refractivity contribution is 5.89. The Morgan fingerprint density at radius 3 is 2.42 bits per heavy atom. The van der Waals surface area contributed by atoms with E-state index >= 15 is 0 Å². The molecule has 124 valence electrons. The molecule has 1 amide bonds. The highest BCUT2D eigenvalue weighted by Gasteiger charge is 2.20. The lowest BCUT2D eigenvalue weighted by Gasteiger charge is -2.22. The topological polar surface area (TPSA) is 56.8 Å². The minimum atomic E-state index is -0.568. The summed E-state index contributed by atoms with van der Waals surface area (Å²) in [7, 11) is 0. The van der Waals surface area contributed by atoms with Crippen LogP contribution in [0, 0.1) is 0 Å². The van der Waals surface area contributed by atoms with Gasteiger partial charge in [-0.25, -0.2) is 4.79 Å². The van der Waals surface area contributed by atoms with E-state index in [9.17, 15) is 4.79 Å². The predicted octanol–water partition coefficient (Wildman–Crippen LogP) is 4.80. The summed E-state index contributed by atoms with van der Waals surface area (Å²) in [4.78, 5) is 12.0. The van der Waals surface area contributed by atoms with Gasteiger partial charge in [-0.15, -0.1) is 0 Å². The Hall–Kier alpha value is -2.95. The molecule has 0 radical (unpaired) electrons. The van der Waals surface area contributed by atoms with Crippen LogP contribution in [-0.2, 0) is 4.74 Å². The van der Waals surface area contributed by atoms with Gasteiger partial charge in [-0.05, 0) is 45.0 Å². The molecule has 1 aliphatic heterocycles. The monoisotopic (exact) mass is 325 g/mol. The van der Waals surface area contributed by atoms with Crippen molar-refractivity contribution in [2.24, 2.45) is 0 Å². The molecule has 0 unspecified atom stereocenters. The number of para-hydroxylation sites is 3. The van der Waals surface area contributed by atoms with Crippen LogP contribution < -0.4 is 14.8 Å². The summed E-state index contributed by atoms with van der Waals surface area (Å²) < 4.78 is 16.8. The molecule has 0 bridgehead atoms. The maximum atomic E-state index is 12.0. The average molecular weight is 325 g/mol. The number of anilines is 1. The van der Waals surface area contributed by atoms with Crippen molar-refractivity contribution < 1.29 is 19.0 Å².